The predicted octanol–water partition coefficient (Wildman–Crippen LogP) is 3.15. The van der Waals surface area contributed by atoms with Crippen LogP contribution in [0.4, 0.5) is 0 Å². The molecule has 1 N–H and O–H groups in total. The Labute approximate surface area is 109 Å². The molecule has 1 unspecified atom stereocenters. The van der Waals surface area contributed by atoms with E-state index in [9.17, 15) is 0 Å². The Hall–Kier alpha value is -1.61. The molecule has 1 heterocycles. The molecule has 0 bridgehead atoms. The van der Waals surface area contributed by atoms with Gasteiger partial charge < -0.3 is 5.32 Å². The van der Waals surface area contributed by atoms with E-state index in [-0.39, 0.29) is 0 Å². The molecule has 1 aromatic carbocycles. The number of hydrogen-bond acceptors (Lipinski definition) is 2. The average molecular weight is 243 g/mol. The molecule has 0 spiro atoms. The lowest BCUT2D eigenvalue weighted by molar-refractivity contribution is 0.508. The molecule has 3 heteroatoms. The molecule has 2 rings (SSSR count). The van der Waals surface area contributed by atoms with E-state index in [4.69, 9.17) is 0 Å². The fourth-order valence-corrected chi connectivity index (χ4v) is 2.00. The third kappa shape index (κ3) is 3.44. The van der Waals surface area contributed by atoms with E-state index in [1.54, 1.807) is 0 Å². The highest BCUT2D eigenvalue weighted by Gasteiger charge is 2.03. The maximum Gasteiger partial charge on any atom is 0.0645 e. The third-order valence-corrected chi connectivity index (χ3v) is 3.03. The van der Waals surface area contributed by atoms with E-state index < -0.39 is 0 Å². The molecular weight excluding hydrogens is 222 g/mol. The predicted molar refractivity (Wildman–Crippen MR) is 74.8 cm³/mol. The van der Waals surface area contributed by atoms with Gasteiger partial charge in [-0.15, -0.1) is 0 Å². The van der Waals surface area contributed by atoms with Crippen molar-refractivity contribution in [3.05, 3.63) is 48.3 Å². The first-order chi connectivity index (χ1) is 8.79. The number of benzene rings is 1. The number of para-hydroxylation sites is 1. The van der Waals surface area contributed by atoms with Crippen molar-refractivity contribution in [2.75, 3.05) is 0 Å². The maximum absolute atomic E-state index is 4.39. The number of nitrogens with zero attached hydrogens (tertiary/aromatic N) is 2. The van der Waals surface area contributed by atoms with Crippen molar-refractivity contribution in [2.45, 2.75) is 39.3 Å². The first-order valence-electron chi connectivity index (χ1n) is 6.62. The van der Waals surface area contributed by atoms with Crippen LogP contribution in [0.15, 0.2) is 42.7 Å². The molecule has 1 aromatic heterocycles. The lowest BCUT2D eigenvalue weighted by Gasteiger charge is -2.11. The van der Waals surface area contributed by atoms with Crippen molar-refractivity contribution >= 4 is 0 Å². The Kier molecular flexibility index (Phi) is 4.53. The molecule has 1 atom stereocenters. The fourth-order valence-electron chi connectivity index (χ4n) is 2.00. The Morgan fingerprint density at radius 3 is 2.78 bits per heavy atom. The van der Waals surface area contributed by atoms with Gasteiger partial charge in [0, 0.05) is 24.3 Å². The number of aromatic nitrogens is 2. The van der Waals surface area contributed by atoms with Gasteiger partial charge in [-0.1, -0.05) is 31.5 Å². The summed E-state index contributed by atoms with van der Waals surface area (Å²) >= 11 is 0. The van der Waals surface area contributed by atoms with Crippen molar-refractivity contribution in [2.24, 2.45) is 0 Å². The summed E-state index contributed by atoms with van der Waals surface area (Å²) in [5.41, 5.74) is 2.33. The molecule has 96 valence electrons. The van der Waals surface area contributed by atoms with E-state index in [0.29, 0.717) is 6.04 Å². The zero-order chi connectivity index (χ0) is 12.8. The average Bonchev–Trinajstić information content (AvgIpc) is 2.87. The molecule has 0 aliphatic rings. The summed E-state index contributed by atoms with van der Waals surface area (Å²) in [6.07, 6.45) is 6.45. The van der Waals surface area contributed by atoms with Gasteiger partial charge in [-0.2, -0.15) is 5.10 Å². The maximum atomic E-state index is 4.39. The fraction of sp³-hybridized carbons (Fsp3) is 0.400. The quantitative estimate of drug-likeness (QED) is 0.844. The van der Waals surface area contributed by atoms with Crippen LogP contribution in [0.5, 0.6) is 0 Å². The van der Waals surface area contributed by atoms with Gasteiger partial charge in [0.05, 0.1) is 11.9 Å². The first kappa shape index (κ1) is 12.8. The highest BCUT2D eigenvalue weighted by molar-refractivity contribution is 5.30. The van der Waals surface area contributed by atoms with Crippen molar-refractivity contribution in [3.63, 3.8) is 0 Å². The lowest BCUT2D eigenvalue weighted by atomic mass is 10.2. The van der Waals surface area contributed by atoms with Crippen molar-refractivity contribution < 1.29 is 0 Å². The Bertz CT molecular complexity index is 462. The molecule has 3 nitrogen and oxygen atoms in total. The van der Waals surface area contributed by atoms with Crippen LogP contribution in [0, 0.1) is 0 Å². The molecule has 0 radical (unpaired) electrons. The Morgan fingerprint density at radius 2 is 2.06 bits per heavy atom. The van der Waals surface area contributed by atoms with Gasteiger partial charge in [0.15, 0.2) is 0 Å². The molecule has 18 heavy (non-hydrogen) atoms. The van der Waals surface area contributed by atoms with Gasteiger partial charge in [-0.05, 0) is 25.5 Å². The van der Waals surface area contributed by atoms with Crippen molar-refractivity contribution in [1.29, 1.82) is 0 Å². The first-order valence-corrected chi connectivity index (χ1v) is 6.62. The van der Waals surface area contributed by atoms with E-state index in [1.807, 2.05) is 29.1 Å². The SMILES string of the molecule is CCCC(C)NCc1cnn(-c2ccccc2)c1. The summed E-state index contributed by atoms with van der Waals surface area (Å²) in [6.45, 7) is 5.32. The molecule has 0 saturated carbocycles. The minimum Gasteiger partial charge on any atom is -0.310 e. The second-order valence-electron chi connectivity index (χ2n) is 4.70. The van der Waals surface area contributed by atoms with Crippen LogP contribution < -0.4 is 5.32 Å². The minimum absolute atomic E-state index is 0.565. The summed E-state index contributed by atoms with van der Waals surface area (Å²) in [7, 11) is 0. The molecule has 0 fully saturated rings. The van der Waals surface area contributed by atoms with Crippen LogP contribution in [0.3, 0.4) is 0 Å². The molecular formula is C15H21N3. The second-order valence-corrected chi connectivity index (χ2v) is 4.70. The summed E-state index contributed by atoms with van der Waals surface area (Å²) in [4.78, 5) is 0. The normalized spacial score (nSPS) is 12.6. The molecule has 0 amide bonds. The number of hydrogen-bond donors (Lipinski definition) is 1. The zero-order valence-corrected chi connectivity index (χ0v) is 11.1. The minimum atomic E-state index is 0.565. The van der Waals surface area contributed by atoms with E-state index in [0.717, 1.165) is 12.2 Å². The highest BCUT2D eigenvalue weighted by atomic mass is 15.3. The van der Waals surface area contributed by atoms with Crippen LogP contribution in [0.1, 0.15) is 32.3 Å². The molecule has 2 aromatic rings. The Balaban J connectivity index is 1.95. The van der Waals surface area contributed by atoms with Crippen LogP contribution in [0.2, 0.25) is 0 Å². The second kappa shape index (κ2) is 6.36. The van der Waals surface area contributed by atoms with Gasteiger partial charge in [0.25, 0.3) is 0 Å². The van der Waals surface area contributed by atoms with Gasteiger partial charge >= 0.3 is 0 Å². The van der Waals surface area contributed by atoms with Gasteiger partial charge in [0.1, 0.15) is 0 Å². The topological polar surface area (TPSA) is 29.9 Å². The summed E-state index contributed by atoms with van der Waals surface area (Å²) < 4.78 is 1.92. The monoisotopic (exact) mass is 243 g/mol. The lowest BCUT2D eigenvalue weighted by Crippen LogP contribution is -2.24. The number of nitrogens with one attached hydrogen (secondary N) is 1. The van der Waals surface area contributed by atoms with Gasteiger partial charge in [-0.25, -0.2) is 4.68 Å². The van der Waals surface area contributed by atoms with Gasteiger partial charge in [0.2, 0.25) is 0 Å². The standard InChI is InChI=1S/C15H21N3/c1-3-7-13(2)16-10-14-11-17-18(12-14)15-8-5-4-6-9-15/h4-6,8-9,11-13,16H,3,7,10H2,1-2H3. The largest absolute Gasteiger partial charge is 0.310 e. The smallest absolute Gasteiger partial charge is 0.0645 e. The molecule has 0 aliphatic carbocycles. The van der Waals surface area contributed by atoms with Crippen molar-refractivity contribution in [3.8, 4) is 5.69 Å². The highest BCUT2D eigenvalue weighted by Crippen LogP contribution is 2.07. The Morgan fingerprint density at radius 1 is 1.28 bits per heavy atom. The zero-order valence-electron chi connectivity index (χ0n) is 11.1. The molecule has 0 saturated heterocycles. The van der Waals surface area contributed by atoms with E-state index in [2.05, 4.69) is 42.6 Å². The van der Waals surface area contributed by atoms with Gasteiger partial charge in [-0.3, -0.25) is 0 Å². The van der Waals surface area contributed by atoms with Crippen molar-refractivity contribution in [1.82, 2.24) is 15.1 Å². The summed E-state index contributed by atoms with van der Waals surface area (Å²) in [5, 5.41) is 7.90. The van der Waals surface area contributed by atoms with E-state index >= 15 is 0 Å². The van der Waals surface area contributed by atoms with Crippen LogP contribution in [-0.2, 0) is 6.54 Å². The van der Waals surface area contributed by atoms with E-state index in [1.165, 1.54) is 18.4 Å². The van der Waals surface area contributed by atoms with Crippen LogP contribution >= 0.6 is 0 Å². The van der Waals surface area contributed by atoms with Crippen LogP contribution in [-0.4, -0.2) is 15.8 Å². The molecule has 0 aliphatic heterocycles. The number of rotatable bonds is 6. The summed E-state index contributed by atoms with van der Waals surface area (Å²) in [5.74, 6) is 0. The van der Waals surface area contributed by atoms with Crippen LogP contribution in [0.25, 0.3) is 5.69 Å². The third-order valence-electron chi connectivity index (χ3n) is 3.03. The summed E-state index contributed by atoms with van der Waals surface area (Å²) in [6, 6.07) is 10.8.